The van der Waals surface area contributed by atoms with Crippen LogP contribution < -0.4 is 11.1 Å². The van der Waals surface area contributed by atoms with E-state index in [1.807, 2.05) is 26.1 Å². The van der Waals surface area contributed by atoms with Crippen LogP contribution in [0.4, 0.5) is 4.39 Å². The summed E-state index contributed by atoms with van der Waals surface area (Å²) in [4.78, 5) is 0. The predicted molar refractivity (Wildman–Crippen MR) is 88.3 cm³/mol. The molecule has 0 radical (unpaired) electrons. The second-order valence-electron chi connectivity index (χ2n) is 5.01. The molecule has 21 heavy (non-hydrogen) atoms. The minimum absolute atomic E-state index is 0.0997. The molecular weight excluding hydrogens is 263 g/mol. The summed E-state index contributed by atoms with van der Waals surface area (Å²) in [5.41, 5.74) is 11.5. The molecule has 0 bridgehead atoms. The summed E-state index contributed by atoms with van der Waals surface area (Å²) in [5, 5.41) is 3.03. The van der Waals surface area contributed by atoms with Crippen molar-refractivity contribution in [1.29, 1.82) is 0 Å². The van der Waals surface area contributed by atoms with E-state index in [4.69, 9.17) is 5.73 Å². The monoisotopic (exact) mass is 288 g/mol. The Balaban J connectivity index is 0.000000219. The lowest BCUT2D eigenvalue weighted by atomic mass is 9.83. The van der Waals surface area contributed by atoms with Crippen LogP contribution in [0, 0.1) is 5.82 Å². The molecule has 0 saturated heterocycles. The Bertz CT molecular complexity index is 571. The van der Waals surface area contributed by atoms with Crippen LogP contribution in [0.2, 0.25) is 0 Å². The van der Waals surface area contributed by atoms with Gasteiger partial charge in [0.1, 0.15) is 5.82 Å². The zero-order valence-electron chi connectivity index (χ0n) is 13.2. The zero-order chi connectivity index (χ0) is 16.0. The molecule has 3 heteroatoms. The van der Waals surface area contributed by atoms with E-state index in [0.717, 1.165) is 47.4 Å². The first-order chi connectivity index (χ1) is 9.96. The summed E-state index contributed by atoms with van der Waals surface area (Å²) < 4.78 is 13.0. The second kappa shape index (κ2) is 7.79. The van der Waals surface area contributed by atoms with Crippen molar-refractivity contribution in [1.82, 2.24) is 5.32 Å². The molecule has 0 fully saturated rings. The maximum absolute atomic E-state index is 13.0. The smallest absolute Gasteiger partial charge is 0.126 e. The molecule has 0 spiro atoms. The van der Waals surface area contributed by atoms with E-state index >= 15 is 0 Å². The Hall–Kier alpha value is -1.87. The molecule has 0 unspecified atom stereocenters. The Labute approximate surface area is 127 Å². The highest BCUT2D eigenvalue weighted by molar-refractivity contribution is 5.65. The summed E-state index contributed by atoms with van der Waals surface area (Å²) in [7, 11) is 1.88. The highest BCUT2D eigenvalue weighted by Crippen LogP contribution is 2.35. The van der Waals surface area contributed by atoms with Crippen molar-refractivity contribution in [3.05, 3.63) is 70.7 Å². The van der Waals surface area contributed by atoms with Crippen molar-refractivity contribution in [2.45, 2.75) is 33.2 Å². The zero-order valence-corrected chi connectivity index (χ0v) is 13.2. The van der Waals surface area contributed by atoms with Crippen molar-refractivity contribution in [2.24, 2.45) is 5.73 Å². The molecule has 2 nitrogen and oxygen atoms in total. The third-order valence-electron chi connectivity index (χ3n) is 3.60. The van der Waals surface area contributed by atoms with Gasteiger partial charge in [-0.1, -0.05) is 39.1 Å². The summed E-state index contributed by atoms with van der Waals surface area (Å²) >= 11 is 0. The molecule has 2 rings (SSSR count). The van der Waals surface area contributed by atoms with E-state index < -0.39 is 0 Å². The molecule has 0 aromatic heterocycles. The summed E-state index contributed by atoms with van der Waals surface area (Å²) in [5.74, 6) is -0.0997. The van der Waals surface area contributed by atoms with Gasteiger partial charge in [-0.05, 0) is 53.8 Å². The number of benzene rings is 1. The first kappa shape index (κ1) is 17.2. The average Bonchev–Trinajstić information content (AvgIpc) is 2.50. The van der Waals surface area contributed by atoms with E-state index in [-0.39, 0.29) is 5.82 Å². The minimum atomic E-state index is -0.0997. The third-order valence-corrected chi connectivity index (χ3v) is 3.60. The fourth-order valence-electron chi connectivity index (χ4n) is 2.24. The summed E-state index contributed by atoms with van der Waals surface area (Å²) in [6.45, 7) is 12.4. The number of aryl methyl sites for hydroxylation is 1. The van der Waals surface area contributed by atoms with Gasteiger partial charge in [0.15, 0.2) is 0 Å². The van der Waals surface area contributed by atoms with E-state index in [1.165, 1.54) is 11.6 Å². The average molecular weight is 288 g/mol. The van der Waals surface area contributed by atoms with Gasteiger partial charge in [-0.25, -0.2) is 4.39 Å². The predicted octanol–water partition coefficient (Wildman–Crippen LogP) is 3.84. The summed E-state index contributed by atoms with van der Waals surface area (Å²) in [6, 6.07) is 5.25. The number of hydrogen-bond donors (Lipinski definition) is 2. The molecule has 0 saturated carbocycles. The largest absolute Gasteiger partial charge is 0.398 e. The van der Waals surface area contributed by atoms with Crippen LogP contribution in [0.25, 0.3) is 0 Å². The van der Waals surface area contributed by atoms with Gasteiger partial charge in [-0.3, -0.25) is 0 Å². The van der Waals surface area contributed by atoms with Gasteiger partial charge in [0, 0.05) is 12.2 Å². The molecule has 0 amide bonds. The van der Waals surface area contributed by atoms with Crippen molar-refractivity contribution < 1.29 is 4.39 Å². The van der Waals surface area contributed by atoms with Crippen LogP contribution in [0.5, 0.6) is 0 Å². The second-order valence-corrected chi connectivity index (χ2v) is 5.01. The quantitative estimate of drug-likeness (QED) is 0.883. The molecular formula is C18H25FN2. The lowest BCUT2D eigenvalue weighted by molar-refractivity contribution is 0.610. The van der Waals surface area contributed by atoms with Crippen LogP contribution >= 0.6 is 0 Å². The Kier molecular flexibility index (Phi) is 6.38. The van der Waals surface area contributed by atoms with E-state index in [9.17, 15) is 4.39 Å². The third kappa shape index (κ3) is 4.05. The van der Waals surface area contributed by atoms with Crippen LogP contribution in [-0.4, -0.2) is 7.05 Å². The number of hydrogen-bond acceptors (Lipinski definition) is 2. The van der Waals surface area contributed by atoms with Crippen LogP contribution in [-0.2, 0) is 13.0 Å². The molecule has 0 atom stereocenters. The molecule has 1 aliphatic rings. The van der Waals surface area contributed by atoms with Gasteiger partial charge >= 0.3 is 0 Å². The van der Waals surface area contributed by atoms with E-state index in [1.54, 1.807) is 0 Å². The Morgan fingerprint density at radius 2 is 1.81 bits per heavy atom. The van der Waals surface area contributed by atoms with E-state index in [0.29, 0.717) is 0 Å². The standard InChI is InChI=1S/C10H14FN.C8H11N/c1-3-9-6-8(7-12-2)4-5-10(9)11;1-4-7-5(2)6(3)8(7)9/h4-6,12H,3,7H2,1-2H3;2-4,9H2,1H3. The first-order valence-corrected chi connectivity index (χ1v) is 7.25. The van der Waals surface area contributed by atoms with Gasteiger partial charge in [0.2, 0.25) is 0 Å². The lowest BCUT2D eigenvalue weighted by Crippen LogP contribution is -2.17. The highest BCUT2D eigenvalue weighted by Gasteiger charge is 2.20. The molecule has 0 aliphatic heterocycles. The molecule has 3 N–H and O–H groups in total. The normalized spacial score (nSPS) is 13.7. The van der Waals surface area contributed by atoms with Crippen LogP contribution in [0.1, 0.15) is 31.4 Å². The maximum Gasteiger partial charge on any atom is 0.126 e. The molecule has 114 valence electrons. The fourth-order valence-corrected chi connectivity index (χ4v) is 2.24. The number of nitrogens with one attached hydrogen (secondary N) is 1. The molecule has 1 aromatic rings. The first-order valence-electron chi connectivity index (χ1n) is 7.25. The molecule has 1 aromatic carbocycles. The van der Waals surface area contributed by atoms with Gasteiger partial charge < -0.3 is 11.1 Å². The van der Waals surface area contributed by atoms with E-state index in [2.05, 4.69) is 25.4 Å². The molecule has 1 aliphatic carbocycles. The Morgan fingerprint density at radius 3 is 2.24 bits per heavy atom. The minimum Gasteiger partial charge on any atom is -0.398 e. The van der Waals surface area contributed by atoms with Crippen molar-refractivity contribution in [3.8, 4) is 0 Å². The lowest BCUT2D eigenvalue weighted by Gasteiger charge is -2.24. The number of nitrogens with two attached hydrogens (primary N) is 1. The molecule has 0 heterocycles. The van der Waals surface area contributed by atoms with Gasteiger partial charge in [-0.2, -0.15) is 0 Å². The van der Waals surface area contributed by atoms with Crippen molar-refractivity contribution >= 4 is 0 Å². The number of rotatable bonds is 4. The highest BCUT2D eigenvalue weighted by atomic mass is 19.1. The number of allylic oxidation sites excluding steroid dienone is 2. The SMILES string of the molecule is C=C1C(=C)C(CC)=C1N.CCc1cc(CNC)ccc1F. The van der Waals surface area contributed by atoms with Gasteiger partial charge in [0.05, 0.1) is 0 Å². The number of halogens is 1. The van der Waals surface area contributed by atoms with Crippen molar-refractivity contribution in [2.75, 3.05) is 7.05 Å². The van der Waals surface area contributed by atoms with Crippen LogP contribution in [0.3, 0.4) is 0 Å². The van der Waals surface area contributed by atoms with Crippen molar-refractivity contribution in [3.63, 3.8) is 0 Å². The van der Waals surface area contributed by atoms with Crippen LogP contribution in [0.15, 0.2) is 53.8 Å². The summed E-state index contributed by atoms with van der Waals surface area (Å²) in [6.07, 6.45) is 1.73. The fraction of sp³-hybridized carbons (Fsp3) is 0.333. The Morgan fingerprint density at radius 1 is 1.14 bits per heavy atom. The van der Waals surface area contributed by atoms with Gasteiger partial charge in [0.25, 0.3) is 0 Å². The maximum atomic E-state index is 13.0. The topological polar surface area (TPSA) is 38.0 Å². The van der Waals surface area contributed by atoms with Gasteiger partial charge in [-0.15, -0.1) is 0 Å².